The number of alkyl halides is 2. The molecule has 6 nitrogen and oxygen atoms in total. The van der Waals surface area contributed by atoms with Crippen LogP contribution in [0.1, 0.15) is 45.4 Å². The number of ether oxygens (including phenoxy) is 1. The third kappa shape index (κ3) is 6.76. The number of piperidine rings is 1. The van der Waals surface area contributed by atoms with Crippen LogP contribution in [0.5, 0.6) is 5.75 Å². The van der Waals surface area contributed by atoms with Gasteiger partial charge in [-0.05, 0) is 42.2 Å². The molecular formula is C25H24ClF2N3O3S. The zero-order chi connectivity index (χ0) is 24.8. The first-order chi connectivity index (χ1) is 16.9. The van der Waals surface area contributed by atoms with Crippen molar-refractivity contribution in [2.75, 3.05) is 13.1 Å². The molecular weight excluding hydrogens is 496 g/mol. The van der Waals surface area contributed by atoms with E-state index in [-0.39, 0.29) is 36.4 Å². The molecule has 1 saturated heterocycles. The van der Waals surface area contributed by atoms with Crippen molar-refractivity contribution in [2.45, 2.75) is 38.3 Å². The Morgan fingerprint density at radius 2 is 1.86 bits per heavy atom. The lowest BCUT2D eigenvalue weighted by Crippen LogP contribution is -2.38. The number of halogens is 3. The van der Waals surface area contributed by atoms with Gasteiger partial charge in [0.05, 0.1) is 11.4 Å². The second kappa shape index (κ2) is 11.6. The lowest BCUT2D eigenvalue weighted by molar-refractivity contribution is -0.131. The largest absolute Gasteiger partial charge is 0.435 e. The van der Waals surface area contributed by atoms with Gasteiger partial charge in [0, 0.05) is 36.0 Å². The predicted molar refractivity (Wildman–Crippen MR) is 130 cm³/mol. The number of thiazole rings is 1. The summed E-state index contributed by atoms with van der Waals surface area (Å²) in [7, 11) is 0. The van der Waals surface area contributed by atoms with Crippen LogP contribution < -0.4 is 10.1 Å². The molecule has 2 heterocycles. The molecule has 1 N–H and O–H groups in total. The average molecular weight is 520 g/mol. The zero-order valence-corrected chi connectivity index (χ0v) is 20.3. The fourth-order valence-corrected chi connectivity index (χ4v) is 5.11. The number of carbonyl (C=O) groups is 2. The Kier molecular flexibility index (Phi) is 8.30. The number of nitrogens with zero attached hydrogens (tertiary/aromatic N) is 2. The average Bonchev–Trinajstić information content (AvgIpc) is 3.35. The van der Waals surface area contributed by atoms with E-state index in [1.54, 1.807) is 23.6 Å². The Hall–Kier alpha value is -3.04. The molecule has 184 valence electrons. The number of rotatable bonds is 8. The third-order valence-corrected chi connectivity index (χ3v) is 7.23. The van der Waals surface area contributed by atoms with Crippen molar-refractivity contribution in [3.05, 3.63) is 80.8 Å². The predicted octanol–water partition coefficient (Wildman–Crippen LogP) is 5.28. The fraction of sp³-hybridized carbons (Fsp3) is 0.320. The molecule has 1 aromatic heterocycles. The Labute approximate surface area is 210 Å². The first-order valence-electron chi connectivity index (χ1n) is 11.2. The Balaban J connectivity index is 1.25. The smallest absolute Gasteiger partial charge is 0.387 e. The maximum atomic E-state index is 12.7. The lowest BCUT2D eigenvalue weighted by Gasteiger charge is -2.31. The monoisotopic (exact) mass is 519 g/mol. The quantitative estimate of drug-likeness (QED) is 0.440. The Bertz CT molecular complexity index is 1160. The van der Waals surface area contributed by atoms with Crippen molar-refractivity contribution in [3.63, 3.8) is 0 Å². The summed E-state index contributed by atoms with van der Waals surface area (Å²) in [5, 5.41) is 6.02. The second-order valence-electron chi connectivity index (χ2n) is 8.20. The first kappa shape index (κ1) is 25.1. The van der Waals surface area contributed by atoms with Crippen LogP contribution in [-0.4, -0.2) is 41.4 Å². The minimum atomic E-state index is -2.87. The van der Waals surface area contributed by atoms with Crippen molar-refractivity contribution in [2.24, 2.45) is 0 Å². The van der Waals surface area contributed by atoms with Crippen LogP contribution in [0, 0.1) is 0 Å². The number of benzene rings is 2. The number of aromatic nitrogens is 1. The molecule has 2 amide bonds. The van der Waals surface area contributed by atoms with Crippen LogP contribution in [-0.2, 0) is 17.8 Å². The van der Waals surface area contributed by atoms with Gasteiger partial charge >= 0.3 is 6.61 Å². The van der Waals surface area contributed by atoms with Crippen LogP contribution >= 0.6 is 22.9 Å². The number of hydrogen-bond acceptors (Lipinski definition) is 5. The molecule has 0 bridgehead atoms. The van der Waals surface area contributed by atoms with Gasteiger partial charge in [-0.2, -0.15) is 8.78 Å². The molecule has 3 aromatic rings. The van der Waals surface area contributed by atoms with Crippen molar-refractivity contribution >= 4 is 34.8 Å². The van der Waals surface area contributed by atoms with Crippen molar-refractivity contribution in [3.8, 4) is 5.75 Å². The van der Waals surface area contributed by atoms with E-state index in [0.29, 0.717) is 23.8 Å². The minimum absolute atomic E-state index is 0.0598. The fourth-order valence-electron chi connectivity index (χ4n) is 3.93. The molecule has 1 aliphatic heterocycles. The van der Waals surface area contributed by atoms with E-state index >= 15 is 0 Å². The van der Waals surface area contributed by atoms with Crippen LogP contribution in [0.4, 0.5) is 8.78 Å². The number of hydrogen-bond donors (Lipinski definition) is 1. The topological polar surface area (TPSA) is 71.5 Å². The number of amides is 2. The molecule has 1 fully saturated rings. The summed E-state index contributed by atoms with van der Waals surface area (Å²) in [6.07, 6.45) is 1.86. The van der Waals surface area contributed by atoms with Crippen LogP contribution in [0.2, 0.25) is 5.02 Å². The van der Waals surface area contributed by atoms with Gasteiger partial charge in [-0.25, -0.2) is 4.98 Å². The Morgan fingerprint density at radius 1 is 1.14 bits per heavy atom. The van der Waals surface area contributed by atoms with E-state index in [1.165, 1.54) is 23.5 Å². The summed E-state index contributed by atoms with van der Waals surface area (Å²) in [5.74, 6) is 0.0291. The highest BCUT2D eigenvalue weighted by Gasteiger charge is 2.26. The molecule has 10 heteroatoms. The summed E-state index contributed by atoms with van der Waals surface area (Å²) in [4.78, 5) is 31.6. The van der Waals surface area contributed by atoms with Crippen molar-refractivity contribution in [1.29, 1.82) is 0 Å². The minimum Gasteiger partial charge on any atom is -0.435 e. The standard InChI is InChI=1S/C25H24ClF2N3O3S/c26-20-4-2-1-3-18(20)13-22(32)31-11-9-17(10-12-31)24-30-21(15-35-24)23(33)29-14-16-5-7-19(8-6-16)34-25(27)28/h1-8,15,17,25H,9-14H2,(H,29,33). The van der Waals surface area contributed by atoms with Gasteiger partial charge in [0.25, 0.3) is 5.91 Å². The van der Waals surface area contributed by atoms with Crippen LogP contribution in [0.25, 0.3) is 0 Å². The summed E-state index contributed by atoms with van der Waals surface area (Å²) < 4.78 is 28.8. The summed E-state index contributed by atoms with van der Waals surface area (Å²) in [6.45, 7) is -1.35. The van der Waals surface area contributed by atoms with E-state index in [1.807, 2.05) is 23.1 Å². The van der Waals surface area contributed by atoms with E-state index in [0.717, 1.165) is 29.0 Å². The van der Waals surface area contributed by atoms with Gasteiger partial charge in [0.2, 0.25) is 5.91 Å². The first-order valence-corrected chi connectivity index (χ1v) is 12.4. The summed E-state index contributed by atoms with van der Waals surface area (Å²) in [6, 6.07) is 13.5. The number of nitrogens with one attached hydrogen (secondary N) is 1. The molecule has 4 rings (SSSR count). The van der Waals surface area contributed by atoms with Crippen molar-refractivity contribution in [1.82, 2.24) is 15.2 Å². The molecule has 1 aliphatic rings. The van der Waals surface area contributed by atoms with E-state index < -0.39 is 6.61 Å². The molecule has 35 heavy (non-hydrogen) atoms. The maximum absolute atomic E-state index is 12.7. The highest BCUT2D eigenvalue weighted by atomic mass is 35.5. The zero-order valence-electron chi connectivity index (χ0n) is 18.8. The molecule has 0 radical (unpaired) electrons. The third-order valence-electron chi connectivity index (χ3n) is 5.85. The molecule has 0 unspecified atom stereocenters. The summed E-state index contributed by atoms with van der Waals surface area (Å²) >= 11 is 7.63. The number of likely N-dealkylation sites (tertiary alicyclic amines) is 1. The SMILES string of the molecule is O=C(NCc1ccc(OC(F)F)cc1)c1csc(C2CCN(C(=O)Cc3ccccc3Cl)CC2)n1. The molecule has 0 spiro atoms. The number of carbonyl (C=O) groups excluding carboxylic acids is 2. The summed E-state index contributed by atoms with van der Waals surface area (Å²) in [5.41, 5.74) is 1.93. The van der Waals surface area contributed by atoms with E-state index in [4.69, 9.17) is 11.6 Å². The lowest BCUT2D eigenvalue weighted by atomic mass is 9.97. The maximum Gasteiger partial charge on any atom is 0.387 e. The molecule has 0 saturated carbocycles. The highest BCUT2D eigenvalue weighted by Crippen LogP contribution is 2.31. The van der Waals surface area contributed by atoms with Gasteiger partial charge in [-0.3, -0.25) is 9.59 Å². The van der Waals surface area contributed by atoms with E-state index in [9.17, 15) is 18.4 Å². The van der Waals surface area contributed by atoms with Gasteiger partial charge in [-0.15, -0.1) is 11.3 Å². The second-order valence-corrected chi connectivity index (χ2v) is 9.50. The van der Waals surface area contributed by atoms with E-state index in [2.05, 4.69) is 15.0 Å². The Morgan fingerprint density at radius 3 is 2.54 bits per heavy atom. The molecule has 0 atom stereocenters. The normalized spacial score (nSPS) is 14.2. The molecule has 0 aliphatic carbocycles. The van der Waals surface area contributed by atoms with Crippen LogP contribution in [0.15, 0.2) is 53.9 Å². The van der Waals surface area contributed by atoms with Crippen LogP contribution in [0.3, 0.4) is 0 Å². The van der Waals surface area contributed by atoms with Gasteiger partial charge in [-0.1, -0.05) is 41.9 Å². The van der Waals surface area contributed by atoms with Crippen molar-refractivity contribution < 1.29 is 23.1 Å². The van der Waals surface area contributed by atoms with Gasteiger partial charge in [0.1, 0.15) is 11.4 Å². The highest BCUT2D eigenvalue weighted by molar-refractivity contribution is 7.09. The van der Waals surface area contributed by atoms with Gasteiger partial charge < -0.3 is 15.0 Å². The van der Waals surface area contributed by atoms with Gasteiger partial charge in [0.15, 0.2) is 0 Å². The molecule has 2 aromatic carbocycles.